The van der Waals surface area contributed by atoms with Crippen LogP contribution in [0.3, 0.4) is 0 Å². The maximum Gasteiger partial charge on any atom is 0.335 e. The molecule has 1 heterocycles. The van der Waals surface area contributed by atoms with Gasteiger partial charge in [0, 0.05) is 13.1 Å². The number of carbonyl (C=O) groups is 2. The second-order valence-corrected chi connectivity index (χ2v) is 3.85. The highest BCUT2D eigenvalue weighted by Crippen LogP contribution is 2.13. The number of carbonyl (C=O) groups excluding carboxylic acids is 1. The van der Waals surface area contributed by atoms with Crippen LogP contribution >= 0.6 is 0 Å². The van der Waals surface area contributed by atoms with Crippen LogP contribution in [0.4, 0.5) is 0 Å². The first kappa shape index (κ1) is 11.4. The van der Waals surface area contributed by atoms with Gasteiger partial charge < -0.3 is 14.7 Å². The summed E-state index contributed by atoms with van der Waals surface area (Å²) in [5.41, 5.74) is 0.200. The molecule has 1 N–H and O–H groups in total. The van der Waals surface area contributed by atoms with Crippen molar-refractivity contribution < 1.29 is 19.4 Å². The Morgan fingerprint density at radius 2 is 1.88 bits per heavy atom. The lowest BCUT2D eigenvalue weighted by Gasteiger charge is -2.30. The van der Waals surface area contributed by atoms with Gasteiger partial charge in [0.25, 0.3) is 5.91 Å². The number of ether oxygens (including phenoxy) is 1. The van der Waals surface area contributed by atoms with E-state index >= 15 is 0 Å². The number of benzene rings is 1. The number of likely N-dealkylation sites (tertiary alicyclic amines) is 1. The lowest BCUT2D eigenvalue weighted by molar-refractivity contribution is -0.136. The van der Waals surface area contributed by atoms with Crippen LogP contribution in [0.1, 0.15) is 16.8 Å². The number of carboxylic acid groups (broad SMARTS) is 1. The van der Waals surface area contributed by atoms with Gasteiger partial charge in [0.1, 0.15) is 5.75 Å². The van der Waals surface area contributed by atoms with Crippen molar-refractivity contribution in [2.45, 2.75) is 6.42 Å². The molecule has 1 amide bonds. The molecule has 1 fully saturated rings. The minimum absolute atomic E-state index is 0.00637. The summed E-state index contributed by atoms with van der Waals surface area (Å²) in [5.74, 6) is -0.504. The van der Waals surface area contributed by atoms with Crippen LogP contribution in [0.5, 0.6) is 5.75 Å². The minimum Gasteiger partial charge on any atom is -0.484 e. The first-order valence-electron chi connectivity index (χ1n) is 5.41. The van der Waals surface area contributed by atoms with Crippen molar-refractivity contribution in [1.29, 1.82) is 0 Å². The largest absolute Gasteiger partial charge is 0.484 e. The van der Waals surface area contributed by atoms with Gasteiger partial charge in [-0.2, -0.15) is 0 Å². The Morgan fingerprint density at radius 1 is 1.24 bits per heavy atom. The third-order valence-corrected chi connectivity index (χ3v) is 2.67. The van der Waals surface area contributed by atoms with Crippen LogP contribution < -0.4 is 4.74 Å². The van der Waals surface area contributed by atoms with Crippen LogP contribution in [0, 0.1) is 0 Å². The van der Waals surface area contributed by atoms with Gasteiger partial charge in [-0.05, 0) is 30.7 Å². The third kappa shape index (κ3) is 2.75. The van der Waals surface area contributed by atoms with Gasteiger partial charge in [0.15, 0.2) is 6.61 Å². The molecule has 1 saturated heterocycles. The number of hydrogen-bond acceptors (Lipinski definition) is 3. The molecule has 1 aliphatic heterocycles. The molecule has 17 heavy (non-hydrogen) atoms. The molecule has 0 spiro atoms. The molecular formula is C12H13NO4. The molecule has 2 rings (SSSR count). The molecule has 0 saturated carbocycles. The summed E-state index contributed by atoms with van der Waals surface area (Å²) in [6, 6.07) is 6.00. The Kier molecular flexibility index (Phi) is 3.27. The van der Waals surface area contributed by atoms with Crippen molar-refractivity contribution in [2.24, 2.45) is 0 Å². The SMILES string of the molecule is O=C(O)c1ccc(OCC(=O)N2CCC2)cc1. The van der Waals surface area contributed by atoms with Gasteiger partial charge in [0.05, 0.1) is 5.56 Å². The average molecular weight is 235 g/mol. The van der Waals surface area contributed by atoms with E-state index < -0.39 is 5.97 Å². The monoisotopic (exact) mass is 235 g/mol. The first-order valence-corrected chi connectivity index (χ1v) is 5.41. The number of rotatable bonds is 4. The number of aromatic carboxylic acids is 1. The standard InChI is InChI=1S/C12H13NO4/c14-11(13-6-1-7-13)8-17-10-4-2-9(3-5-10)12(15)16/h2-5H,1,6-8H2,(H,15,16). The van der Waals surface area contributed by atoms with E-state index in [1.54, 1.807) is 17.0 Å². The highest BCUT2D eigenvalue weighted by atomic mass is 16.5. The zero-order chi connectivity index (χ0) is 12.3. The summed E-state index contributed by atoms with van der Waals surface area (Å²) < 4.78 is 5.28. The number of hydrogen-bond donors (Lipinski definition) is 1. The molecule has 0 radical (unpaired) electrons. The Hall–Kier alpha value is -2.04. The van der Waals surface area contributed by atoms with E-state index in [1.807, 2.05) is 0 Å². The maximum atomic E-state index is 11.5. The smallest absolute Gasteiger partial charge is 0.335 e. The van der Waals surface area contributed by atoms with Crippen LogP contribution in [-0.2, 0) is 4.79 Å². The van der Waals surface area contributed by atoms with Gasteiger partial charge in [-0.3, -0.25) is 4.79 Å². The van der Waals surface area contributed by atoms with E-state index in [2.05, 4.69) is 0 Å². The molecule has 0 aliphatic carbocycles. The highest BCUT2D eigenvalue weighted by molar-refractivity contribution is 5.87. The minimum atomic E-state index is -0.979. The highest BCUT2D eigenvalue weighted by Gasteiger charge is 2.20. The maximum absolute atomic E-state index is 11.5. The molecule has 0 aromatic heterocycles. The first-order chi connectivity index (χ1) is 8.16. The van der Waals surface area contributed by atoms with E-state index in [9.17, 15) is 9.59 Å². The fourth-order valence-electron chi connectivity index (χ4n) is 1.50. The van der Waals surface area contributed by atoms with E-state index in [4.69, 9.17) is 9.84 Å². The summed E-state index contributed by atoms with van der Waals surface area (Å²) in [6.07, 6.45) is 1.05. The molecule has 90 valence electrons. The molecule has 5 nitrogen and oxygen atoms in total. The molecular weight excluding hydrogens is 222 g/mol. The third-order valence-electron chi connectivity index (χ3n) is 2.67. The normalized spacial score (nSPS) is 14.0. The fraction of sp³-hybridized carbons (Fsp3) is 0.333. The van der Waals surface area contributed by atoms with Crippen molar-refractivity contribution in [1.82, 2.24) is 4.90 Å². The Labute approximate surface area is 98.6 Å². The van der Waals surface area contributed by atoms with Crippen molar-refractivity contribution in [3.05, 3.63) is 29.8 Å². The predicted octanol–water partition coefficient (Wildman–Crippen LogP) is 0.996. The van der Waals surface area contributed by atoms with Crippen molar-refractivity contribution in [3.8, 4) is 5.75 Å². The molecule has 1 aromatic carbocycles. The van der Waals surface area contributed by atoms with E-state index in [1.165, 1.54) is 12.1 Å². The van der Waals surface area contributed by atoms with Gasteiger partial charge in [0.2, 0.25) is 0 Å². The zero-order valence-electron chi connectivity index (χ0n) is 9.26. The van der Waals surface area contributed by atoms with Crippen LogP contribution in [-0.4, -0.2) is 41.6 Å². The second-order valence-electron chi connectivity index (χ2n) is 3.85. The summed E-state index contributed by atoms with van der Waals surface area (Å²) in [5, 5.41) is 8.70. The molecule has 0 unspecified atom stereocenters. The summed E-state index contributed by atoms with van der Waals surface area (Å²) >= 11 is 0. The summed E-state index contributed by atoms with van der Waals surface area (Å²) in [4.78, 5) is 23.8. The lowest BCUT2D eigenvalue weighted by Crippen LogP contribution is -2.44. The summed E-state index contributed by atoms with van der Waals surface area (Å²) in [7, 11) is 0. The second kappa shape index (κ2) is 4.86. The fourth-order valence-corrected chi connectivity index (χ4v) is 1.50. The van der Waals surface area contributed by atoms with E-state index in [0.717, 1.165) is 19.5 Å². The van der Waals surface area contributed by atoms with Crippen molar-refractivity contribution >= 4 is 11.9 Å². The molecule has 0 atom stereocenters. The van der Waals surface area contributed by atoms with Gasteiger partial charge in [-0.15, -0.1) is 0 Å². The number of carboxylic acids is 1. The lowest BCUT2D eigenvalue weighted by atomic mass is 10.2. The number of amides is 1. The average Bonchev–Trinajstić information content (AvgIpc) is 2.24. The van der Waals surface area contributed by atoms with E-state index in [-0.39, 0.29) is 18.1 Å². The molecule has 0 bridgehead atoms. The van der Waals surface area contributed by atoms with Crippen LogP contribution in [0.15, 0.2) is 24.3 Å². The van der Waals surface area contributed by atoms with Gasteiger partial charge >= 0.3 is 5.97 Å². The van der Waals surface area contributed by atoms with Gasteiger partial charge in [-0.1, -0.05) is 0 Å². The summed E-state index contributed by atoms with van der Waals surface area (Å²) in [6.45, 7) is 1.62. The quantitative estimate of drug-likeness (QED) is 0.845. The predicted molar refractivity (Wildman–Crippen MR) is 60.1 cm³/mol. The topological polar surface area (TPSA) is 66.8 Å². The van der Waals surface area contributed by atoms with E-state index in [0.29, 0.717) is 5.75 Å². The Balaban J connectivity index is 1.86. The zero-order valence-corrected chi connectivity index (χ0v) is 9.26. The number of nitrogens with zero attached hydrogens (tertiary/aromatic N) is 1. The Bertz CT molecular complexity index is 423. The molecule has 5 heteroatoms. The van der Waals surface area contributed by atoms with Crippen molar-refractivity contribution in [2.75, 3.05) is 19.7 Å². The van der Waals surface area contributed by atoms with Gasteiger partial charge in [-0.25, -0.2) is 4.79 Å². The molecule has 1 aliphatic rings. The van der Waals surface area contributed by atoms with Crippen LogP contribution in [0.2, 0.25) is 0 Å². The van der Waals surface area contributed by atoms with Crippen molar-refractivity contribution in [3.63, 3.8) is 0 Å². The van der Waals surface area contributed by atoms with Crippen LogP contribution in [0.25, 0.3) is 0 Å². The Morgan fingerprint density at radius 3 is 2.35 bits per heavy atom. The molecule has 1 aromatic rings.